The Bertz CT molecular complexity index is 791. The van der Waals surface area contributed by atoms with Crippen LogP contribution in [-0.2, 0) is 0 Å². The van der Waals surface area contributed by atoms with Crippen molar-refractivity contribution in [3.8, 4) is 5.75 Å². The van der Waals surface area contributed by atoms with Gasteiger partial charge in [0.2, 0.25) is 0 Å². The molecule has 0 fully saturated rings. The Morgan fingerprint density at radius 3 is 2.92 bits per heavy atom. The maximum atomic E-state index is 12.5. The summed E-state index contributed by atoms with van der Waals surface area (Å²) in [5.41, 5.74) is 1.59. The Balaban J connectivity index is 1.82. The molecular weight excluding hydrogens is 310 g/mol. The number of carboxylic acid groups (broad SMARTS) is 1. The average Bonchev–Trinajstić information content (AvgIpc) is 2.61. The van der Waals surface area contributed by atoms with Crippen LogP contribution in [0.25, 0.3) is 0 Å². The number of ether oxygens (including phenoxy) is 1. The molecule has 24 heavy (non-hydrogen) atoms. The fourth-order valence-electron chi connectivity index (χ4n) is 2.67. The zero-order valence-electron chi connectivity index (χ0n) is 13.1. The standard InChI is InChI=1S/C17H17N3O4/c1-18-13-9-10(4-5-11(13)17(22)23)16(21)20-12-6-8-24-14-3-2-7-19-15(12)14/h2-5,7,9,12,18H,6,8H2,1H3,(H,20,21)(H,22,23). The maximum absolute atomic E-state index is 12.5. The van der Waals surface area contributed by atoms with Gasteiger partial charge in [0.15, 0.2) is 0 Å². The van der Waals surface area contributed by atoms with Gasteiger partial charge in [-0.05, 0) is 30.3 Å². The molecule has 7 nitrogen and oxygen atoms in total. The van der Waals surface area contributed by atoms with E-state index in [1.165, 1.54) is 18.2 Å². The Labute approximate surface area is 138 Å². The van der Waals surface area contributed by atoms with Crippen LogP contribution in [0.3, 0.4) is 0 Å². The van der Waals surface area contributed by atoms with Gasteiger partial charge in [-0.15, -0.1) is 0 Å². The van der Waals surface area contributed by atoms with E-state index in [1.807, 2.05) is 6.07 Å². The lowest BCUT2D eigenvalue weighted by atomic mass is 10.0. The third kappa shape index (κ3) is 3.01. The number of nitrogens with zero attached hydrogens (tertiary/aromatic N) is 1. The van der Waals surface area contributed by atoms with Gasteiger partial charge in [0.05, 0.1) is 18.2 Å². The van der Waals surface area contributed by atoms with Crippen LogP contribution < -0.4 is 15.4 Å². The van der Waals surface area contributed by atoms with E-state index in [0.29, 0.717) is 35.7 Å². The number of hydrogen-bond acceptors (Lipinski definition) is 5. The van der Waals surface area contributed by atoms with Crippen LogP contribution >= 0.6 is 0 Å². The first-order chi connectivity index (χ1) is 11.6. The van der Waals surface area contributed by atoms with E-state index >= 15 is 0 Å². The van der Waals surface area contributed by atoms with Crippen LogP contribution in [0.4, 0.5) is 5.69 Å². The molecule has 1 amide bonds. The Kier molecular flexibility index (Phi) is 4.33. The molecule has 1 aliphatic heterocycles. The second kappa shape index (κ2) is 6.57. The minimum atomic E-state index is -1.05. The third-order valence-corrected chi connectivity index (χ3v) is 3.88. The molecule has 3 rings (SSSR count). The van der Waals surface area contributed by atoms with Crippen LogP contribution in [0.5, 0.6) is 5.75 Å². The van der Waals surface area contributed by atoms with Crippen molar-refractivity contribution < 1.29 is 19.4 Å². The first-order valence-electron chi connectivity index (χ1n) is 7.54. The van der Waals surface area contributed by atoms with Gasteiger partial charge in [0, 0.05) is 30.9 Å². The number of aromatic nitrogens is 1. The maximum Gasteiger partial charge on any atom is 0.337 e. The largest absolute Gasteiger partial charge is 0.491 e. The lowest BCUT2D eigenvalue weighted by Gasteiger charge is -2.25. The van der Waals surface area contributed by atoms with Gasteiger partial charge in [-0.3, -0.25) is 9.78 Å². The van der Waals surface area contributed by atoms with Gasteiger partial charge < -0.3 is 20.5 Å². The van der Waals surface area contributed by atoms with Crippen molar-refractivity contribution >= 4 is 17.6 Å². The fraction of sp³-hybridized carbons (Fsp3) is 0.235. The molecule has 1 unspecified atom stereocenters. The van der Waals surface area contributed by atoms with E-state index in [2.05, 4.69) is 15.6 Å². The molecule has 124 valence electrons. The van der Waals surface area contributed by atoms with E-state index < -0.39 is 5.97 Å². The molecule has 2 heterocycles. The smallest absolute Gasteiger partial charge is 0.337 e. The first-order valence-corrected chi connectivity index (χ1v) is 7.54. The topological polar surface area (TPSA) is 101 Å². The number of carboxylic acids is 1. The molecule has 0 radical (unpaired) electrons. The summed E-state index contributed by atoms with van der Waals surface area (Å²) in [4.78, 5) is 28.0. The molecule has 1 aliphatic rings. The van der Waals surface area contributed by atoms with Crippen LogP contribution in [0.1, 0.15) is 38.9 Å². The minimum Gasteiger partial charge on any atom is -0.491 e. The summed E-state index contributed by atoms with van der Waals surface area (Å²) in [6, 6.07) is 7.81. The third-order valence-electron chi connectivity index (χ3n) is 3.88. The molecular formula is C17H17N3O4. The highest BCUT2D eigenvalue weighted by molar-refractivity contribution is 6.00. The van der Waals surface area contributed by atoms with Gasteiger partial charge >= 0.3 is 5.97 Å². The first kappa shape index (κ1) is 15.8. The number of hydrogen-bond donors (Lipinski definition) is 3. The molecule has 0 spiro atoms. The second-order valence-electron chi connectivity index (χ2n) is 5.37. The van der Waals surface area contributed by atoms with Crippen LogP contribution in [0.2, 0.25) is 0 Å². The molecule has 0 saturated carbocycles. The minimum absolute atomic E-state index is 0.118. The summed E-state index contributed by atoms with van der Waals surface area (Å²) in [6.07, 6.45) is 2.29. The van der Waals surface area contributed by atoms with Crippen molar-refractivity contribution in [1.82, 2.24) is 10.3 Å². The number of benzene rings is 1. The summed E-state index contributed by atoms with van der Waals surface area (Å²) >= 11 is 0. The van der Waals surface area contributed by atoms with E-state index in [-0.39, 0.29) is 17.5 Å². The van der Waals surface area contributed by atoms with Crippen molar-refractivity contribution in [2.24, 2.45) is 0 Å². The number of rotatable bonds is 4. The lowest BCUT2D eigenvalue weighted by molar-refractivity contribution is 0.0697. The highest BCUT2D eigenvalue weighted by Crippen LogP contribution is 2.30. The van der Waals surface area contributed by atoms with Crippen molar-refractivity contribution in [3.05, 3.63) is 53.3 Å². The van der Waals surface area contributed by atoms with E-state index in [4.69, 9.17) is 9.84 Å². The molecule has 0 saturated heterocycles. The van der Waals surface area contributed by atoms with Crippen LogP contribution in [0.15, 0.2) is 36.5 Å². The summed E-state index contributed by atoms with van der Waals surface area (Å²) in [7, 11) is 1.61. The average molecular weight is 327 g/mol. The monoisotopic (exact) mass is 327 g/mol. The SMILES string of the molecule is CNc1cc(C(=O)NC2CCOc3cccnc32)ccc1C(=O)O. The van der Waals surface area contributed by atoms with Gasteiger partial charge in [-0.25, -0.2) is 4.79 Å². The van der Waals surface area contributed by atoms with Gasteiger partial charge in [0.25, 0.3) is 5.91 Å². The lowest BCUT2D eigenvalue weighted by Crippen LogP contribution is -2.32. The summed E-state index contributed by atoms with van der Waals surface area (Å²) in [6.45, 7) is 0.503. The van der Waals surface area contributed by atoms with E-state index in [0.717, 1.165) is 0 Å². The molecule has 0 aliphatic carbocycles. The van der Waals surface area contributed by atoms with Gasteiger partial charge in [-0.2, -0.15) is 0 Å². The number of pyridine rings is 1. The molecule has 1 aromatic carbocycles. The van der Waals surface area contributed by atoms with Crippen LogP contribution in [0, 0.1) is 0 Å². The van der Waals surface area contributed by atoms with Crippen molar-refractivity contribution in [1.29, 1.82) is 0 Å². The summed E-state index contributed by atoms with van der Waals surface area (Å²) < 4.78 is 5.53. The predicted octanol–water partition coefficient (Wildman–Crippen LogP) is 2.08. The zero-order valence-corrected chi connectivity index (χ0v) is 13.1. The number of carbonyl (C=O) groups excluding carboxylic acids is 1. The van der Waals surface area contributed by atoms with E-state index in [9.17, 15) is 9.59 Å². The van der Waals surface area contributed by atoms with Crippen molar-refractivity contribution in [2.75, 3.05) is 19.0 Å². The second-order valence-corrected chi connectivity index (χ2v) is 5.37. The number of amides is 1. The highest BCUT2D eigenvalue weighted by atomic mass is 16.5. The molecule has 1 atom stereocenters. The highest BCUT2D eigenvalue weighted by Gasteiger charge is 2.25. The summed E-state index contributed by atoms with van der Waals surface area (Å²) in [5.74, 6) is -0.660. The van der Waals surface area contributed by atoms with Crippen molar-refractivity contribution in [2.45, 2.75) is 12.5 Å². The van der Waals surface area contributed by atoms with Gasteiger partial charge in [-0.1, -0.05) is 0 Å². The molecule has 7 heteroatoms. The Morgan fingerprint density at radius 2 is 2.17 bits per heavy atom. The van der Waals surface area contributed by atoms with Crippen LogP contribution in [-0.4, -0.2) is 35.6 Å². The molecule has 2 aromatic rings. The normalized spacial score (nSPS) is 15.8. The molecule has 1 aromatic heterocycles. The summed E-state index contributed by atoms with van der Waals surface area (Å²) in [5, 5.41) is 14.9. The Morgan fingerprint density at radius 1 is 1.33 bits per heavy atom. The number of carbonyl (C=O) groups is 2. The van der Waals surface area contributed by atoms with Crippen molar-refractivity contribution in [3.63, 3.8) is 0 Å². The fourth-order valence-corrected chi connectivity index (χ4v) is 2.67. The molecule has 0 bridgehead atoms. The predicted molar refractivity (Wildman–Crippen MR) is 87.5 cm³/mol. The quantitative estimate of drug-likeness (QED) is 0.795. The van der Waals surface area contributed by atoms with Gasteiger partial charge in [0.1, 0.15) is 11.4 Å². The molecule has 3 N–H and O–H groups in total. The zero-order chi connectivity index (χ0) is 17.1. The number of fused-ring (bicyclic) bond motifs is 1. The number of nitrogens with one attached hydrogen (secondary N) is 2. The van der Waals surface area contributed by atoms with E-state index in [1.54, 1.807) is 19.3 Å². The number of aromatic carboxylic acids is 1. The number of anilines is 1. The Hall–Kier alpha value is -3.09.